The average Bonchev–Trinajstić information content (AvgIpc) is 2.29. The molecule has 1 aliphatic heterocycles. The highest BCUT2D eigenvalue weighted by Crippen LogP contribution is 2.09. The average molecular weight is 212 g/mol. The van der Waals surface area contributed by atoms with Crippen molar-refractivity contribution in [1.82, 2.24) is 10.2 Å². The number of carbonyl (C=O) groups excluding carboxylic acids is 1. The lowest BCUT2D eigenvalue weighted by molar-refractivity contribution is -0.131. The molecule has 1 aliphatic rings. The first kappa shape index (κ1) is 12.5. The van der Waals surface area contributed by atoms with Crippen molar-refractivity contribution in [3.05, 3.63) is 0 Å². The van der Waals surface area contributed by atoms with Crippen LogP contribution in [-0.4, -0.2) is 36.5 Å². The molecule has 1 heterocycles. The molecule has 1 saturated heterocycles. The number of nitrogens with zero attached hydrogens (tertiary/aromatic N) is 1. The fraction of sp³-hybridized carbons (Fsp3) is 0.917. The van der Waals surface area contributed by atoms with E-state index in [0.29, 0.717) is 18.4 Å². The smallest absolute Gasteiger partial charge is 0.222 e. The van der Waals surface area contributed by atoms with E-state index < -0.39 is 0 Å². The zero-order valence-corrected chi connectivity index (χ0v) is 10.1. The molecule has 1 N–H and O–H groups in total. The summed E-state index contributed by atoms with van der Waals surface area (Å²) in [6.45, 7) is 7.00. The van der Waals surface area contributed by atoms with Crippen LogP contribution in [0.2, 0.25) is 0 Å². The SMILES string of the molecule is CCCN(CC1CCCCN1)C(=O)CC. The second-order valence-corrected chi connectivity index (χ2v) is 4.34. The summed E-state index contributed by atoms with van der Waals surface area (Å²) in [6, 6.07) is 0.529. The normalized spacial score (nSPS) is 21.3. The topological polar surface area (TPSA) is 32.3 Å². The van der Waals surface area contributed by atoms with Gasteiger partial charge in [0.05, 0.1) is 0 Å². The molecule has 1 atom stereocenters. The van der Waals surface area contributed by atoms with E-state index in [0.717, 1.165) is 26.1 Å². The van der Waals surface area contributed by atoms with E-state index in [-0.39, 0.29) is 0 Å². The Morgan fingerprint density at radius 1 is 1.40 bits per heavy atom. The zero-order valence-electron chi connectivity index (χ0n) is 10.1. The Hall–Kier alpha value is -0.570. The van der Waals surface area contributed by atoms with Gasteiger partial charge < -0.3 is 10.2 Å². The van der Waals surface area contributed by atoms with Gasteiger partial charge in [0, 0.05) is 25.6 Å². The highest BCUT2D eigenvalue weighted by molar-refractivity contribution is 5.75. The van der Waals surface area contributed by atoms with Crippen LogP contribution in [0.3, 0.4) is 0 Å². The molecule has 0 bridgehead atoms. The third kappa shape index (κ3) is 4.20. The number of carbonyl (C=O) groups is 1. The molecule has 0 aromatic carbocycles. The van der Waals surface area contributed by atoms with Crippen LogP contribution in [-0.2, 0) is 4.79 Å². The first-order valence-corrected chi connectivity index (χ1v) is 6.29. The molecule has 3 nitrogen and oxygen atoms in total. The molecule has 1 amide bonds. The van der Waals surface area contributed by atoms with Crippen LogP contribution in [0.25, 0.3) is 0 Å². The van der Waals surface area contributed by atoms with Gasteiger partial charge in [-0.15, -0.1) is 0 Å². The minimum absolute atomic E-state index is 0.296. The lowest BCUT2D eigenvalue weighted by atomic mass is 10.0. The Labute approximate surface area is 93.2 Å². The van der Waals surface area contributed by atoms with Gasteiger partial charge in [0.25, 0.3) is 0 Å². The van der Waals surface area contributed by atoms with Crippen molar-refractivity contribution >= 4 is 5.91 Å². The predicted octanol–water partition coefficient (Wildman–Crippen LogP) is 1.78. The van der Waals surface area contributed by atoms with Crippen LogP contribution in [0.1, 0.15) is 46.0 Å². The summed E-state index contributed by atoms with van der Waals surface area (Å²) < 4.78 is 0. The maximum atomic E-state index is 11.7. The number of piperidine rings is 1. The molecule has 15 heavy (non-hydrogen) atoms. The van der Waals surface area contributed by atoms with Crippen LogP contribution >= 0.6 is 0 Å². The highest BCUT2D eigenvalue weighted by Gasteiger charge is 2.18. The summed E-state index contributed by atoms with van der Waals surface area (Å²) in [4.78, 5) is 13.7. The van der Waals surface area contributed by atoms with Gasteiger partial charge in [-0.05, 0) is 25.8 Å². The summed E-state index contributed by atoms with van der Waals surface area (Å²) in [6.07, 6.45) is 5.49. The molecule has 0 aromatic heterocycles. The quantitative estimate of drug-likeness (QED) is 0.753. The molecular formula is C12H24N2O. The van der Waals surface area contributed by atoms with E-state index >= 15 is 0 Å². The van der Waals surface area contributed by atoms with Gasteiger partial charge in [0.1, 0.15) is 0 Å². The van der Waals surface area contributed by atoms with Crippen LogP contribution in [0, 0.1) is 0 Å². The molecule has 3 heteroatoms. The first-order chi connectivity index (χ1) is 7.27. The van der Waals surface area contributed by atoms with Gasteiger partial charge in [-0.2, -0.15) is 0 Å². The minimum atomic E-state index is 0.296. The van der Waals surface area contributed by atoms with E-state index in [4.69, 9.17) is 0 Å². The molecule has 0 aromatic rings. The second kappa shape index (κ2) is 6.83. The summed E-state index contributed by atoms with van der Waals surface area (Å²) >= 11 is 0. The third-order valence-corrected chi connectivity index (χ3v) is 3.00. The number of nitrogens with one attached hydrogen (secondary N) is 1. The van der Waals surface area contributed by atoms with Gasteiger partial charge in [0.2, 0.25) is 5.91 Å². The fourth-order valence-electron chi connectivity index (χ4n) is 2.16. The number of amides is 1. The van der Waals surface area contributed by atoms with Crippen molar-refractivity contribution in [3.63, 3.8) is 0 Å². The van der Waals surface area contributed by atoms with E-state index in [1.807, 2.05) is 11.8 Å². The van der Waals surface area contributed by atoms with Crippen molar-refractivity contribution in [3.8, 4) is 0 Å². The summed E-state index contributed by atoms with van der Waals surface area (Å²) in [5, 5.41) is 3.49. The Bertz CT molecular complexity index is 188. The van der Waals surface area contributed by atoms with Crippen LogP contribution < -0.4 is 5.32 Å². The van der Waals surface area contributed by atoms with Crippen molar-refractivity contribution < 1.29 is 4.79 Å². The Morgan fingerprint density at radius 2 is 2.20 bits per heavy atom. The van der Waals surface area contributed by atoms with E-state index in [9.17, 15) is 4.79 Å². The van der Waals surface area contributed by atoms with Crippen molar-refractivity contribution in [2.45, 2.75) is 52.0 Å². The molecule has 0 radical (unpaired) electrons. The lowest BCUT2D eigenvalue weighted by Crippen LogP contribution is -2.45. The second-order valence-electron chi connectivity index (χ2n) is 4.34. The van der Waals surface area contributed by atoms with Crippen LogP contribution in [0.5, 0.6) is 0 Å². The highest BCUT2D eigenvalue weighted by atomic mass is 16.2. The number of hydrogen-bond donors (Lipinski definition) is 1. The zero-order chi connectivity index (χ0) is 11.1. The standard InChI is InChI=1S/C12H24N2O/c1-3-9-14(12(15)4-2)10-11-7-5-6-8-13-11/h11,13H,3-10H2,1-2H3. The van der Waals surface area contributed by atoms with Gasteiger partial charge in [-0.3, -0.25) is 4.79 Å². The molecule has 0 saturated carbocycles. The number of rotatable bonds is 5. The Kier molecular flexibility index (Phi) is 5.69. The fourth-order valence-corrected chi connectivity index (χ4v) is 2.16. The largest absolute Gasteiger partial charge is 0.341 e. The number of hydrogen-bond acceptors (Lipinski definition) is 2. The molecule has 1 fully saturated rings. The molecule has 0 spiro atoms. The summed E-state index contributed by atoms with van der Waals surface area (Å²) in [5.41, 5.74) is 0. The maximum absolute atomic E-state index is 11.7. The van der Waals surface area contributed by atoms with Gasteiger partial charge in [0.15, 0.2) is 0 Å². The Balaban J connectivity index is 2.38. The first-order valence-electron chi connectivity index (χ1n) is 6.29. The van der Waals surface area contributed by atoms with Crippen LogP contribution in [0.15, 0.2) is 0 Å². The van der Waals surface area contributed by atoms with Gasteiger partial charge in [-0.1, -0.05) is 20.3 Å². The monoisotopic (exact) mass is 212 g/mol. The maximum Gasteiger partial charge on any atom is 0.222 e. The Morgan fingerprint density at radius 3 is 2.73 bits per heavy atom. The summed E-state index contributed by atoms with van der Waals surface area (Å²) in [5.74, 6) is 0.296. The minimum Gasteiger partial charge on any atom is -0.341 e. The third-order valence-electron chi connectivity index (χ3n) is 3.00. The van der Waals surface area contributed by atoms with Crippen molar-refractivity contribution in [2.24, 2.45) is 0 Å². The molecule has 1 unspecified atom stereocenters. The van der Waals surface area contributed by atoms with Crippen molar-refractivity contribution in [2.75, 3.05) is 19.6 Å². The molecule has 88 valence electrons. The van der Waals surface area contributed by atoms with Gasteiger partial charge in [-0.25, -0.2) is 0 Å². The van der Waals surface area contributed by atoms with Crippen LogP contribution in [0.4, 0.5) is 0 Å². The molecule has 0 aliphatic carbocycles. The predicted molar refractivity (Wildman–Crippen MR) is 62.8 cm³/mol. The van der Waals surface area contributed by atoms with E-state index in [1.165, 1.54) is 19.3 Å². The van der Waals surface area contributed by atoms with Crippen molar-refractivity contribution in [1.29, 1.82) is 0 Å². The lowest BCUT2D eigenvalue weighted by Gasteiger charge is -2.30. The summed E-state index contributed by atoms with van der Waals surface area (Å²) in [7, 11) is 0. The van der Waals surface area contributed by atoms with Gasteiger partial charge >= 0.3 is 0 Å². The molecular weight excluding hydrogens is 188 g/mol. The van der Waals surface area contributed by atoms with E-state index in [2.05, 4.69) is 12.2 Å². The van der Waals surface area contributed by atoms with E-state index in [1.54, 1.807) is 0 Å². The molecule has 1 rings (SSSR count).